The first-order chi connectivity index (χ1) is 11.0. The van der Waals surface area contributed by atoms with Crippen molar-refractivity contribution in [1.82, 2.24) is 9.97 Å². The lowest BCUT2D eigenvalue weighted by Gasteiger charge is -2.33. The SMILES string of the molecule is CC(C)COc1cncc(N2C[C@@H]3COCC[C@]3(C(=O)O)C2)n1. The lowest BCUT2D eigenvalue weighted by atomic mass is 9.74. The number of carboxylic acids is 1. The molecule has 23 heavy (non-hydrogen) atoms. The molecule has 1 N–H and O–H groups in total. The number of anilines is 1. The summed E-state index contributed by atoms with van der Waals surface area (Å²) in [4.78, 5) is 22.5. The fourth-order valence-electron chi connectivity index (χ4n) is 3.29. The number of hydrogen-bond donors (Lipinski definition) is 1. The predicted molar refractivity (Wildman–Crippen MR) is 83.6 cm³/mol. The van der Waals surface area contributed by atoms with Crippen molar-refractivity contribution in [1.29, 1.82) is 0 Å². The topological polar surface area (TPSA) is 84.8 Å². The minimum absolute atomic E-state index is 0.0178. The molecule has 0 amide bonds. The van der Waals surface area contributed by atoms with Crippen molar-refractivity contribution in [3.63, 3.8) is 0 Å². The number of nitrogens with zero attached hydrogens (tertiary/aromatic N) is 3. The van der Waals surface area contributed by atoms with Crippen LogP contribution in [0.25, 0.3) is 0 Å². The fourth-order valence-corrected chi connectivity index (χ4v) is 3.29. The van der Waals surface area contributed by atoms with Crippen molar-refractivity contribution in [2.45, 2.75) is 20.3 Å². The van der Waals surface area contributed by atoms with Crippen molar-refractivity contribution >= 4 is 11.8 Å². The second kappa shape index (κ2) is 6.31. The molecule has 2 fully saturated rings. The average molecular weight is 321 g/mol. The largest absolute Gasteiger partial charge is 0.481 e. The van der Waals surface area contributed by atoms with Crippen LogP contribution >= 0.6 is 0 Å². The minimum Gasteiger partial charge on any atom is -0.481 e. The summed E-state index contributed by atoms with van der Waals surface area (Å²) in [6.07, 6.45) is 3.79. The molecule has 0 saturated carbocycles. The summed E-state index contributed by atoms with van der Waals surface area (Å²) in [5.74, 6) is 0.791. The standard InChI is InChI=1S/C16H23N3O4/c1-11(2)8-23-14-6-17-5-13(18-14)19-7-12-9-22-4-3-16(12,10-19)15(20)21/h5-6,11-12H,3-4,7-10H2,1-2H3,(H,20,21)/t12-,16+/m1/s1. The number of hydrogen-bond acceptors (Lipinski definition) is 6. The van der Waals surface area contributed by atoms with E-state index in [1.165, 1.54) is 0 Å². The number of carbonyl (C=O) groups is 1. The summed E-state index contributed by atoms with van der Waals surface area (Å²) < 4.78 is 11.1. The normalized spacial score (nSPS) is 27.1. The highest BCUT2D eigenvalue weighted by atomic mass is 16.5. The highest BCUT2D eigenvalue weighted by Gasteiger charge is 2.54. The summed E-state index contributed by atoms with van der Waals surface area (Å²) in [7, 11) is 0. The van der Waals surface area contributed by atoms with E-state index in [4.69, 9.17) is 9.47 Å². The number of aliphatic carboxylic acids is 1. The third-order valence-corrected chi connectivity index (χ3v) is 4.62. The minimum atomic E-state index is -0.742. The average Bonchev–Trinajstić information content (AvgIpc) is 2.94. The lowest BCUT2D eigenvalue weighted by molar-refractivity contribution is -0.157. The molecule has 0 spiro atoms. The molecule has 0 radical (unpaired) electrons. The monoisotopic (exact) mass is 321 g/mol. The maximum atomic E-state index is 11.8. The molecule has 2 aliphatic heterocycles. The van der Waals surface area contributed by atoms with E-state index in [1.807, 2.05) is 4.90 Å². The third-order valence-electron chi connectivity index (χ3n) is 4.62. The van der Waals surface area contributed by atoms with Crippen LogP contribution in [0, 0.1) is 17.3 Å². The Bertz CT molecular complexity index is 580. The van der Waals surface area contributed by atoms with Crippen LogP contribution in [0.1, 0.15) is 20.3 Å². The number of aromatic nitrogens is 2. The Morgan fingerprint density at radius 2 is 2.39 bits per heavy atom. The van der Waals surface area contributed by atoms with Crippen LogP contribution in [0.5, 0.6) is 5.88 Å². The van der Waals surface area contributed by atoms with Crippen molar-refractivity contribution in [2.75, 3.05) is 37.8 Å². The summed E-state index contributed by atoms with van der Waals surface area (Å²) in [6.45, 7) is 6.76. The Balaban J connectivity index is 1.78. The van der Waals surface area contributed by atoms with E-state index in [0.29, 0.717) is 56.9 Å². The molecule has 126 valence electrons. The zero-order chi connectivity index (χ0) is 16.4. The molecule has 7 heteroatoms. The van der Waals surface area contributed by atoms with Crippen molar-refractivity contribution in [3.05, 3.63) is 12.4 Å². The third kappa shape index (κ3) is 3.10. The molecule has 7 nitrogen and oxygen atoms in total. The maximum absolute atomic E-state index is 11.8. The van der Waals surface area contributed by atoms with Gasteiger partial charge in [0.2, 0.25) is 5.88 Å². The van der Waals surface area contributed by atoms with Gasteiger partial charge in [-0.1, -0.05) is 13.8 Å². The Kier molecular flexibility index (Phi) is 4.39. The second-order valence-corrected chi connectivity index (χ2v) is 6.78. The molecule has 2 atom stereocenters. The lowest BCUT2D eigenvalue weighted by Crippen LogP contribution is -2.44. The first-order valence-corrected chi connectivity index (χ1v) is 8.02. The smallest absolute Gasteiger partial charge is 0.311 e. The molecular weight excluding hydrogens is 298 g/mol. The molecule has 0 bridgehead atoms. The maximum Gasteiger partial charge on any atom is 0.311 e. The van der Waals surface area contributed by atoms with Gasteiger partial charge in [-0.15, -0.1) is 0 Å². The second-order valence-electron chi connectivity index (χ2n) is 6.78. The summed E-state index contributed by atoms with van der Waals surface area (Å²) in [6, 6.07) is 0. The fraction of sp³-hybridized carbons (Fsp3) is 0.688. The van der Waals surface area contributed by atoms with Gasteiger partial charge < -0.3 is 19.5 Å². The molecule has 0 aromatic carbocycles. The summed E-state index contributed by atoms with van der Waals surface area (Å²) >= 11 is 0. The van der Waals surface area contributed by atoms with E-state index < -0.39 is 11.4 Å². The van der Waals surface area contributed by atoms with Gasteiger partial charge in [-0.3, -0.25) is 9.78 Å². The highest BCUT2D eigenvalue weighted by Crippen LogP contribution is 2.43. The Morgan fingerprint density at radius 3 is 3.09 bits per heavy atom. The van der Waals surface area contributed by atoms with E-state index in [-0.39, 0.29) is 5.92 Å². The number of ether oxygens (including phenoxy) is 2. The van der Waals surface area contributed by atoms with Crippen molar-refractivity contribution in [2.24, 2.45) is 17.3 Å². The Hall–Kier alpha value is -1.89. The summed E-state index contributed by atoms with van der Waals surface area (Å²) in [5, 5.41) is 9.72. The summed E-state index contributed by atoms with van der Waals surface area (Å²) in [5.41, 5.74) is -0.741. The molecule has 1 aromatic heterocycles. The van der Waals surface area contributed by atoms with Gasteiger partial charge in [-0.05, 0) is 12.3 Å². The molecule has 0 unspecified atom stereocenters. The van der Waals surface area contributed by atoms with E-state index in [0.717, 1.165) is 0 Å². The van der Waals surface area contributed by atoms with Crippen LogP contribution < -0.4 is 9.64 Å². The van der Waals surface area contributed by atoms with Crippen LogP contribution in [-0.2, 0) is 9.53 Å². The molecule has 1 aromatic rings. The van der Waals surface area contributed by atoms with E-state index in [9.17, 15) is 9.90 Å². The predicted octanol–water partition coefficient (Wildman–Crippen LogP) is 1.44. The van der Waals surface area contributed by atoms with Crippen molar-refractivity contribution in [3.8, 4) is 5.88 Å². The molecule has 3 rings (SSSR count). The first kappa shape index (κ1) is 16.0. The van der Waals surface area contributed by atoms with Crippen LogP contribution in [-0.4, -0.2) is 54.0 Å². The quantitative estimate of drug-likeness (QED) is 0.878. The molecule has 3 heterocycles. The van der Waals surface area contributed by atoms with Crippen LogP contribution in [0.15, 0.2) is 12.4 Å². The van der Waals surface area contributed by atoms with Gasteiger partial charge in [-0.25, -0.2) is 0 Å². The zero-order valence-electron chi connectivity index (χ0n) is 13.6. The van der Waals surface area contributed by atoms with Gasteiger partial charge in [0.1, 0.15) is 0 Å². The van der Waals surface area contributed by atoms with E-state index in [2.05, 4.69) is 23.8 Å². The zero-order valence-corrected chi connectivity index (χ0v) is 13.6. The van der Waals surface area contributed by atoms with Crippen molar-refractivity contribution < 1.29 is 19.4 Å². The molecular formula is C16H23N3O4. The van der Waals surface area contributed by atoms with E-state index in [1.54, 1.807) is 12.4 Å². The molecule has 0 aliphatic carbocycles. The van der Waals surface area contributed by atoms with Gasteiger partial charge in [-0.2, -0.15) is 4.98 Å². The van der Waals surface area contributed by atoms with E-state index >= 15 is 0 Å². The van der Waals surface area contributed by atoms with Gasteiger partial charge in [0.15, 0.2) is 5.82 Å². The number of carboxylic acid groups (broad SMARTS) is 1. The molecule has 2 saturated heterocycles. The number of fused-ring (bicyclic) bond motifs is 1. The van der Waals surface area contributed by atoms with Gasteiger partial charge in [0.05, 0.1) is 31.0 Å². The van der Waals surface area contributed by atoms with Crippen LogP contribution in [0.2, 0.25) is 0 Å². The first-order valence-electron chi connectivity index (χ1n) is 8.02. The van der Waals surface area contributed by atoms with Gasteiger partial charge in [0, 0.05) is 25.6 Å². The Labute approximate surface area is 135 Å². The van der Waals surface area contributed by atoms with Crippen LogP contribution in [0.3, 0.4) is 0 Å². The van der Waals surface area contributed by atoms with Gasteiger partial charge >= 0.3 is 5.97 Å². The van der Waals surface area contributed by atoms with Gasteiger partial charge in [0.25, 0.3) is 0 Å². The Morgan fingerprint density at radius 1 is 1.57 bits per heavy atom. The number of rotatable bonds is 5. The highest BCUT2D eigenvalue weighted by molar-refractivity contribution is 5.77. The molecule has 2 aliphatic rings. The van der Waals surface area contributed by atoms with Crippen LogP contribution in [0.4, 0.5) is 5.82 Å².